The van der Waals surface area contributed by atoms with Gasteiger partial charge in [-0.3, -0.25) is 14.4 Å². The maximum Gasteiger partial charge on any atom is 0.246 e. The first-order valence-corrected chi connectivity index (χ1v) is 9.47. The van der Waals surface area contributed by atoms with Gasteiger partial charge < -0.3 is 16.0 Å². The topological polar surface area (TPSA) is 92.5 Å². The Balaban J connectivity index is 1.84. The Morgan fingerprint density at radius 2 is 1.62 bits per heavy atom. The van der Waals surface area contributed by atoms with Crippen LogP contribution < -0.4 is 11.1 Å². The number of nitrogens with two attached hydrogens (primary N) is 1. The summed E-state index contributed by atoms with van der Waals surface area (Å²) < 4.78 is 0. The summed E-state index contributed by atoms with van der Waals surface area (Å²) in [7, 11) is 0. The van der Waals surface area contributed by atoms with Gasteiger partial charge in [0.1, 0.15) is 11.6 Å². The van der Waals surface area contributed by atoms with Crippen molar-refractivity contribution < 1.29 is 14.4 Å². The van der Waals surface area contributed by atoms with E-state index in [1.54, 1.807) is 4.90 Å². The minimum Gasteiger partial charge on any atom is -0.368 e. The van der Waals surface area contributed by atoms with E-state index in [9.17, 15) is 14.4 Å². The molecule has 6 nitrogen and oxygen atoms in total. The Hall–Kier alpha value is -1.59. The molecule has 1 heterocycles. The molecule has 134 valence electrons. The van der Waals surface area contributed by atoms with Gasteiger partial charge in [0.2, 0.25) is 17.7 Å². The summed E-state index contributed by atoms with van der Waals surface area (Å²) in [6, 6.07) is -0.428. The number of nitrogens with one attached hydrogen (secondary N) is 1. The fraction of sp³-hybridized carbons (Fsp3) is 0.833. The highest BCUT2D eigenvalue weighted by molar-refractivity contribution is 5.97. The van der Waals surface area contributed by atoms with Crippen LogP contribution in [0.1, 0.15) is 77.0 Å². The molecule has 3 amide bonds. The van der Waals surface area contributed by atoms with E-state index in [0.717, 1.165) is 44.9 Å². The van der Waals surface area contributed by atoms with Gasteiger partial charge in [0.25, 0.3) is 0 Å². The Morgan fingerprint density at radius 3 is 2.25 bits per heavy atom. The number of carbonyl (C=O) groups excluding carboxylic acids is 3. The number of rotatable bonds is 4. The Morgan fingerprint density at radius 1 is 1.00 bits per heavy atom. The van der Waals surface area contributed by atoms with Gasteiger partial charge in [-0.05, 0) is 32.1 Å². The molecule has 3 aliphatic rings. The van der Waals surface area contributed by atoms with E-state index < -0.39 is 17.5 Å². The van der Waals surface area contributed by atoms with E-state index in [1.165, 1.54) is 6.42 Å². The van der Waals surface area contributed by atoms with Crippen molar-refractivity contribution in [1.82, 2.24) is 10.2 Å². The number of hydrogen-bond acceptors (Lipinski definition) is 3. The smallest absolute Gasteiger partial charge is 0.246 e. The molecule has 0 aromatic rings. The molecule has 3 rings (SSSR count). The van der Waals surface area contributed by atoms with Gasteiger partial charge in [-0.2, -0.15) is 0 Å². The lowest BCUT2D eigenvalue weighted by Crippen LogP contribution is -2.65. The molecule has 2 saturated carbocycles. The molecule has 24 heavy (non-hydrogen) atoms. The Bertz CT molecular complexity index is 508. The highest BCUT2D eigenvalue weighted by Gasteiger charge is 2.53. The van der Waals surface area contributed by atoms with E-state index in [-0.39, 0.29) is 17.9 Å². The Labute approximate surface area is 143 Å². The van der Waals surface area contributed by atoms with Crippen molar-refractivity contribution in [2.45, 2.75) is 94.7 Å². The molecule has 3 fully saturated rings. The normalized spacial score (nSPS) is 27.9. The van der Waals surface area contributed by atoms with Gasteiger partial charge in [0.05, 0.1) is 0 Å². The fourth-order valence-electron chi connectivity index (χ4n) is 4.77. The van der Waals surface area contributed by atoms with E-state index in [2.05, 4.69) is 5.32 Å². The summed E-state index contributed by atoms with van der Waals surface area (Å²) in [5, 5.41) is 3.20. The van der Waals surface area contributed by atoms with Crippen LogP contribution in [0.2, 0.25) is 0 Å². The predicted molar refractivity (Wildman–Crippen MR) is 89.9 cm³/mol. The third kappa shape index (κ3) is 3.15. The largest absolute Gasteiger partial charge is 0.368 e. The summed E-state index contributed by atoms with van der Waals surface area (Å²) in [6.07, 6.45) is 10.5. The zero-order valence-corrected chi connectivity index (χ0v) is 14.4. The molecule has 0 spiro atoms. The van der Waals surface area contributed by atoms with Crippen LogP contribution in [0.15, 0.2) is 0 Å². The molecule has 1 atom stereocenters. The zero-order valence-electron chi connectivity index (χ0n) is 14.4. The van der Waals surface area contributed by atoms with E-state index in [4.69, 9.17) is 5.73 Å². The summed E-state index contributed by atoms with van der Waals surface area (Å²) in [6.45, 7) is 0. The van der Waals surface area contributed by atoms with Gasteiger partial charge in [0, 0.05) is 12.5 Å². The SMILES string of the molecule is NC(=O)[C@@H]1CCC(=O)N1C1(C(=O)NC2CCCCC2)CCCCC1. The lowest BCUT2D eigenvalue weighted by Gasteiger charge is -2.46. The minimum atomic E-state index is -0.872. The first-order valence-electron chi connectivity index (χ1n) is 9.47. The van der Waals surface area contributed by atoms with Crippen molar-refractivity contribution in [2.24, 2.45) is 5.73 Å². The van der Waals surface area contributed by atoms with Crippen molar-refractivity contribution in [1.29, 1.82) is 0 Å². The van der Waals surface area contributed by atoms with Crippen LogP contribution in [0.25, 0.3) is 0 Å². The number of carbonyl (C=O) groups is 3. The summed E-state index contributed by atoms with van der Waals surface area (Å²) in [5.41, 5.74) is 4.66. The first kappa shape index (κ1) is 17.2. The van der Waals surface area contributed by atoms with Crippen molar-refractivity contribution in [3.8, 4) is 0 Å². The van der Waals surface area contributed by atoms with Crippen LogP contribution in [0.3, 0.4) is 0 Å². The molecular weight excluding hydrogens is 306 g/mol. The van der Waals surface area contributed by atoms with E-state index >= 15 is 0 Å². The third-order valence-electron chi connectivity index (χ3n) is 6.05. The van der Waals surface area contributed by atoms with Gasteiger partial charge in [-0.1, -0.05) is 38.5 Å². The van der Waals surface area contributed by atoms with Crippen LogP contribution in [0.4, 0.5) is 0 Å². The van der Waals surface area contributed by atoms with Crippen LogP contribution in [0, 0.1) is 0 Å². The molecule has 2 aliphatic carbocycles. The first-order chi connectivity index (χ1) is 11.5. The number of likely N-dealkylation sites (tertiary alicyclic amines) is 1. The molecule has 0 aromatic carbocycles. The van der Waals surface area contributed by atoms with Crippen LogP contribution in [-0.2, 0) is 14.4 Å². The second kappa shape index (κ2) is 7.11. The number of nitrogens with zero attached hydrogens (tertiary/aromatic N) is 1. The van der Waals surface area contributed by atoms with Crippen molar-refractivity contribution >= 4 is 17.7 Å². The molecule has 0 bridgehead atoms. The van der Waals surface area contributed by atoms with Gasteiger partial charge in [-0.25, -0.2) is 0 Å². The maximum absolute atomic E-state index is 13.2. The number of hydrogen-bond donors (Lipinski definition) is 2. The van der Waals surface area contributed by atoms with E-state index in [1.807, 2.05) is 0 Å². The average Bonchev–Trinajstić information content (AvgIpc) is 2.99. The highest BCUT2D eigenvalue weighted by atomic mass is 16.2. The van der Waals surface area contributed by atoms with Gasteiger partial charge in [-0.15, -0.1) is 0 Å². The van der Waals surface area contributed by atoms with Gasteiger partial charge in [0.15, 0.2) is 0 Å². The van der Waals surface area contributed by atoms with E-state index in [0.29, 0.717) is 25.7 Å². The van der Waals surface area contributed by atoms with Crippen molar-refractivity contribution in [2.75, 3.05) is 0 Å². The molecule has 3 N–H and O–H groups in total. The molecule has 1 aliphatic heterocycles. The summed E-state index contributed by atoms with van der Waals surface area (Å²) in [4.78, 5) is 39.2. The molecule has 1 saturated heterocycles. The highest BCUT2D eigenvalue weighted by Crippen LogP contribution is 2.39. The molecule has 6 heteroatoms. The standard InChI is InChI=1S/C18H29N3O3/c19-16(23)14-9-10-15(22)21(14)18(11-5-2-6-12-18)17(24)20-13-7-3-1-4-8-13/h13-14H,1-12H2,(H2,19,23)(H,20,24)/t14-/m0/s1. The van der Waals surface area contributed by atoms with Gasteiger partial charge >= 0.3 is 0 Å². The van der Waals surface area contributed by atoms with Crippen LogP contribution >= 0.6 is 0 Å². The summed E-state index contributed by atoms with van der Waals surface area (Å²) >= 11 is 0. The van der Waals surface area contributed by atoms with Crippen molar-refractivity contribution in [3.05, 3.63) is 0 Å². The second-order valence-electron chi connectivity index (χ2n) is 7.62. The zero-order chi connectivity index (χ0) is 17.2. The molecule has 0 radical (unpaired) electrons. The predicted octanol–water partition coefficient (Wildman–Crippen LogP) is 1.61. The second-order valence-corrected chi connectivity index (χ2v) is 7.62. The number of primary amides is 1. The monoisotopic (exact) mass is 335 g/mol. The quantitative estimate of drug-likeness (QED) is 0.817. The van der Waals surface area contributed by atoms with Crippen molar-refractivity contribution in [3.63, 3.8) is 0 Å². The molecule has 0 aromatic heterocycles. The summed E-state index contributed by atoms with van der Waals surface area (Å²) in [5.74, 6) is -0.647. The fourth-order valence-corrected chi connectivity index (χ4v) is 4.77. The molecule has 0 unspecified atom stereocenters. The maximum atomic E-state index is 13.2. The number of amides is 3. The lowest BCUT2D eigenvalue weighted by atomic mass is 9.78. The third-order valence-corrected chi connectivity index (χ3v) is 6.05. The average molecular weight is 335 g/mol. The molecular formula is C18H29N3O3. The minimum absolute atomic E-state index is 0.0596. The lowest BCUT2D eigenvalue weighted by molar-refractivity contribution is -0.152. The Kier molecular flexibility index (Phi) is 5.11. The van der Waals surface area contributed by atoms with Crippen LogP contribution in [-0.4, -0.2) is 40.2 Å². The van der Waals surface area contributed by atoms with Crippen LogP contribution in [0.5, 0.6) is 0 Å².